The van der Waals surface area contributed by atoms with E-state index in [4.69, 9.17) is 4.42 Å². The van der Waals surface area contributed by atoms with Gasteiger partial charge in [0.1, 0.15) is 23.0 Å². The van der Waals surface area contributed by atoms with E-state index in [0.717, 1.165) is 6.07 Å². The zero-order valence-electron chi connectivity index (χ0n) is 11.0. The molecule has 1 atom stereocenters. The van der Waals surface area contributed by atoms with E-state index in [0.29, 0.717) is 11.1 Å². The lowest BCUT2D eigenvalue weighted by Gasteiger charge is -2.28. The second-order valence-corrected chi connectivity index (χ2v) is 5.54. The van der Waals surface area contributed by atoms with Crippen molar-refractivity contribution in [3.05, 3.63) is 35.6 Å². The van der Waals surface area contributed by atoms with Crippen molar-refractivity contribution in [2.24, 2.45) is 5.41 Å². The highest BCUT2D eigenvalue weighted by Gasteiger charge is 2.28. The molecule has 1 aromatic heterocycles. The van der Waals surface area contributed by atoms with Crippen molar-refractivity contribution in [1.29, 1.82) is 0 Å². The van der Waals surface area contributed by atoms with Crippen LogP contribution in [-0.2, 0) is 0 Å². The standard InChI is InChI=1S/C14H17F2NO/c1-14(2,3)13(17-4)12-7-9-10(16)5-8(15)6-11(9)18-12/h5-7,13,17H,1-4H3. The van der Waals surface area contributed by atoms with Crippen molar-refractivity contribution in [3.8, 4) is 0 Å². The third-order valence-corrected chi connectivity index (χ3v) is 3.01. The summed E-state index contributed by atoms with van der Waals surface area (Å²) in [6.07, 6.45) is 0. The number of fused-ring (bicyclic) bond motifs is 1. The monoisotopic (exact) mass is 253 g/mol. The second kappa shape index (κ2) is 4.35. The van der Waals surface area contributed by atoms with Crippen LogP contribution in [0.2, 0.25) is 0 Å². The molecular formula is C14H17F2NO. The maximum Gasteiger partial charge on any atom is 0.140 e. The summed E-state index contributed by atoms with van der Waals surface area (Å²) in [4.78, 5) is 0. The molecule has 0 spiro atoms. The van der Waals surface area contributed by atoms with E-state index in [1.807, 2.05) is 7.05 Å². The van der Waals surface area contributed by atoms with Crippen molar-refractivity contribution >= 4 is 11.0 Å². The number of nitrogens with one attached hydrogen (secondary N) is 1. The number of rotatable bonds is 2. The molecule has 0 aliphatic heterocycles. The van der Waals surface area contributed by atoms with Crippen LogP contribution in [0.1, 0.15) is 32.6 Å². The van der Waals surface area contributed by atoms with Gasteiger partial charge in [-0.25, -0.2) is 8.78 Å². The van der Waals surface area contributed by atoms with Crippen LogP contribution in [0.15, 0.2) is 22.6 Å². The summed E-state index contributed by atoms with van der Waals surface area (Å²) in [5, 5.41) is 3.46. The van der Waals surface area contributed by atoms with Crippen molar-refractivity contribution in [3.63, 3.8) is 0 Å². The van der Waals surface area contributed by atoms with Crippen molar-refractivity contribution in [2.45, 2.75) is 26.8 Å². The third kappa shape index (κ3) is 2.25. The van der Waals surface area contributed by atoms with Crippen LogP contribution >= 0.6 is 0 Å². The number of benzene rings is 1. The Morgan fingerprint density at radius 3 is 2.39 bits per heavy atom. The molecule has 0 saturated heterocycles. The molecular weight excluding hydrogens is 236 g/mol. The fourth-order valence-corrected chi connectivity index (χ4v) is 2.23. The Hall–Kier alpha value is -1.42. The highest BCUT2D eigenvalue weighted by atomic mass is 19.1. The van der Waals surface area contributed by atoms with Crippen LogP contribution in [0.4, 0.5) is 8.78 Å². The summed E-state index contributed by atoms with van der Waals surface area (Å²) >= 11 is 0. The minimum Gasteiger partial charge on any atom is -0.459 e. The van der Waals surface area contributed by atoms with E-state index in [1.54, 1.807) is 6.07 Å². The molecule has 0 saturated carbocycles. The van der Waals surface area contributed by atoms with Gasteiger partial charge in [-0.05, 0) is 18.5 Å². The predicted octanol–water partition coefficient (Wildman–Crippen LogP) is 4.02. The topological polar surface area (TPSA) is 25.2 Å². The van der Waals surface area contributed by atoms with Crippen molar-refractivity contribution in [2.75, 3.05) is 7.05 Å². The number of hydrogen-bond acceptors (Lipinski definition) is 2. The maximum atomic E-state index is 13.6. The van der Waals surface area contributed by atoms with Gasteiger partial charge in [-0.1, -0.05) is 20.8 Å². The number of halogens is 2. The largest absolute Gasteiger partial charge is 0.459 e. The molecule has 1 aromatic carbocycles. The highest BCUT2D eigenvalue weighted by molar-refractivity contribution is 5.78. The Labute approximate surface area is 105 Å². The lowest BCUT2D eigenvalue weighted by atomic mass is 9.85. The molecule has 1 N–H and O–H groups in total. The van der Waals surface area contributed by atoms with Gasteiger partial charge in [0, 0.05) is 12.1 Å². The van der Waals surface area contributed by atoms with Crippen LogP contribution in [0.3, 0.4) is 0 Å². The Kier molecular flexibility index (Phi) is 3.15. The summed E-state index contributed by atoms with van der Waals surface area (Å²) in [6, 6.07) is 3.65. The normalized spacial score (nSPS) is 14.1. The molecule has 1 heterocycles. The van der Waals surface area contributed by atoms with E-state index in [2.05, 4.69) is 26.1 Å². The van der Waals surface area contributed by atoms with Crippen molar-refractivity contribution < 1.29 is 13.2 Å². The number of furan rings is 1. The molecule has 0 amide bonds. The molecule has 98 valence electrons. The Bertz CT molecular complexity index is 569. The highest BCUT2D eigenvalue weighted by Crippen LogP contribution is 2.36. The Morgan fingerprint density at radius 1 is 1.17 bits per heavy atom. The molecule has 0 radical (unpaired) electrons. The minimum absolute atomic E-state index is 0.0626. The summed E-state index contributed by atoms with van der Waals surface area (Å²) in [7, 11) is 1.82. The zero-order chi connectivity index (χ0) is 13.5. The third-order valence-electron chi connectivity index (χ3n) is 3.01. The van der Waals surface area contributed by atoms with Crippen LogP contribution in [0, 0.1) is 17.0 Å². The molecule has 0 bridgehead atoms. The first kappa shape index (κ1) is 13.0. The molecule has 1 unspecified atom stereocenters. The molecule has 0 fully saturated rings. The second-order valence-electron chi connectivity index (χ2n) is 5.54. The van der Waals surface area contributed by atoms with E-state index in [-0.39, 0.29) is 17.0 Å². The van der Waals surface area contributed by atoms with Crippen LogP contribution in [0.25, 0.3) is 11.0 Å². The lowest BCUT2D eigenvalue weighted by molar-refractivity contribution is 0.253. The Morgan fingerprint density at radius 2 is 1.83 bits per heavy atom. The molecule has 0 aliphatic carbocycles. The first-order valence-corrected chi connectivity index (χ1v) is 5.88. The SMILES string of the molecule is CNC(c1cc2c(F)cc(F)cc2o1)C(C)(C)C. The first-order chi connectivity index (χ1) is 8.32. The minimum atomic E-state index is -0.627. The summed E-state index contributed by atoms with van der Waals surface area (Å²) in [5.41, 5.74) is 0.157. The quantitative estimate of drug-likeness (QED) is 0.874. The Balaban J connectivity index is 2.56. The van der Waals surface area contributed by atoms with Crippen LogP contribution < -0.4 is 5.32 Å². The molecule has 18 heavy (non-hydrogen) atoms. The van der Waals surface area contributed by atoms with Gasteiger partial charge in [-0.15, -0.1) is 0 Å². The zero-order valence-corrected chi connectivity index (χ0v) is 11.0. The summed E-state index contributed by atoms with van der Waals surface area (Å²) in [6.45, 7) is 6.16. The van der Waals surface area contributed by atoms with Gasteiger partial charge in [0.15, 0.2) is 0 Å². The lowest BCUT2D eigenvalue weighted by Crippen LogP contribution is -2.29. The van der Waals surface area contributed by atoms with Crippen LogP contribution in [-0.4, -0.2) is 7.05 Å². The van der Waals surface area contributed by atoms with Gasteiger partial charge in [0.05, 0.1) is 11.4 Å². The van der Waals surface area contributed by atoms with E-state index >= 15 is 0 Å². The summed E-state index contributed by atoms with van der Waals surface area (Å²) < 4.78 is 32.3. The molecule has 2 rings (SSSR count). The van der Waals surface area contributed by atoms with Gasteiger partial charge >= 0.3 is 0 Å². The molecule has 2 nitrogen and oxygen atoms in total. The summed E-state index contributed by atoms with van der Waals surface area (Å²) in [5.74, 6) is -0.606. The van der Waals surface area contributed by atoms with Gasteiger partial charge in [0.2, 0.25) is 0 Å². The molecule has 0 aliphatic rings. The fourth-order valence-electron chi connectivity index (χ4n) is 2.23. The predicted molar refractivity (Wildman–Crippen MR) is 67.4 cm³/mol. The first-order valence-electron chi connectivity index (χ1n) is 5.88. The van der Waals surface area contributed by atoms with Gasteiger partial charge in [0.25, 0.3) is 0 Å². The molecule has 4 heteroatoms. The van der Waals surface area contributed by atoms with Gasteiger partial charge in [-0.2, -0.15) is 0 Å². The fraction of sp³-hybridized carbons (Fsp3) is 0.429. The van der Waals surface area contributed by atoms with Crippen LogP contribution in [0.5, 0.6) is 0 Å². The van der Waals surface area contributed by atoms with Gasteiger partial charge < -0.3 is 9.73 Å². The van der Waals surface area contributed by atoms with E-state index in [9.17, 15) is 8.78 Å². The smallest absolute Gasteiger partial charge is 0.140 e. The van der Waals surface area contributed by atoms with E-state index in [1.165, 1.54) is 6.07 Å². The average Bonchev–Trinajstić information content (AvgIpc) is 2.59. The van der Waals surface area contributed by atoms with E-state index < -0.39 is 11.6 Å². The van der Waals surface area contributed by atoms with Gasteiger partial charge in [-0.3, -0.25) is 0 Å². The molecule has 2 aromatic rings. The number of hydrogen-bond donors (Lipinski definition) is 1. The average molecular weight is 253 g/mol. The van der Waals surface area contributed by atoms with Crippen molar-refractivity contribution in [1.82, 2.24) is 5.32 Å². The maximum absolute atomic E-state index is 13.6.